The van der Waals surface area contributed by atoms with Gasteiger partial charge in [0.15, 0.2) is 0 Å². The van der Waals surface area contributed by atoms with E-state index in [-0.39, 0.29) is 25.0 Å². The second-order valence-corrected chi connectivity index (χ2v) is 5.93. The lowest BCUT2D eigenvalue weighted by Crippen LogP contribution is -2.34. The van der Waals surface area contributed by atoms with Crippen LogP contribution in [0.3, 0.4) is 0 Å². The van der Waals surface area contributed by atoms with Crippen molar-refractivity contribution < 1.29 is 19.1 Å². The van der Waals surface area contributed by atoms with Crippen LogP contribution in [0.1, 0.15) is 59.3 Å². The van der Waals surface area contributed by atoms with Crippen molar-refractivity contribution in [1.29, 1.82) is 0 Å². The summed E-state index contributed by atoms with van der Waals surface area (Å²) in [5, 5.41) is 2.55. The molecule has 1 saturated carbocycles. The Morgan fingerprint density at radius 3 is 2.37 bits per heavy atom. The molecule has 0 saturated heterocycles. The van der Waals surface area contributed by atoms with Crippen molar-refractivity contribution in [2.75, 3.05) is 6.54 Å². The van der Waals surface area contributed by atoms with Crippen LogP contribution in [0.5, 0.6) is 0 Å². The van der Waals surface area contributed by atoms with Gasteiger partial charge in [-0.2, -0.15) is 0 Å². The first kappa shape index (κ1) is 15.8. The van der Waals surface area contributed by atoms with Crippen LogP contribution in [0.4, 0.5) is 4.79 Å². The molecule has 0 bridgehead atoms. The Hall–Kier alpha value is -1.26. The molecule has 0 aromatic heterocycles. The van der Waals surface area contributed by atoms with Gasteiger partial charge in [-0.25, -0.2) is 4.79 Å². The van der Waals surface area contributed by atoms with Gasteiger partial charge < -0.3 is 14.8 Å². The number of esters is 1. The normalized spacial score (nSPS) is 16.8. The molecule has 0 atom stereocenters. The Morgan fingerprint density at radius 2 is 1.79 bits per heavy atom. The highest BCUT2D eigenvalue weighted by molar-refractivity contribution is 5.72. The minimum Gasteiger partial charge on any atom is -0.462 e. The topological polar surface area (TPSA) is 64.6 Å². The van der Waals surface area contributed by atoms with E-state index in [2.05, 4.69) is 5.32 Å². The summed E-state index contributed by atoms with van der Waals surface area (Å²) >= 11 is 0. The molecule has 1 rings (SSSR count). The fourth-order valence-corrected chi connectivity index (χ4v) is 2.01. The summed E-state index contributed by atoms with van der Waals surface area (Å²) in [5.41, 5.74) is -0.521. The van der Waals surface area contributed by atoms with Gasteiger partial charge in [0.1, 0.15) is 11.7 Å². The molecule has 0 spiro atoms. The van der Waals surface area contributed by atoms with Gasteiger partial charge in [0.2, 0.25) is 0 Å². The molecule has 0 aromatic carbocycles. The van der Waals surface area contributed by atoms with E-state index < -0.39 is 11.7 Å². The van der Waals surface area contributed by atoms with E-state index in [0.29, 0.717) is 0 Å². The van der Waals surface area contributed by atoms with Crippen LogP contribution >= 0.6 is 0 Å². The highest BCUT2D eigenvalue weighted by Gasteiger charge is 2.18. The quantitative estimate of drug-likeness (QED) is 0.798. The third kappa shape index (κ3) is 7.70. The Bertz CT molecular complexity index is 303. The number of ether oxygens (including phenoxy) is 2. The molecule has 0 aliphatic heterocycles. The van der Waals surface area contributed by atoms with Crippen LogP contribution < -0.4 is 5.32 Å². The molecule has 1 aliphatic carbocycles. The third-order valence-electron chi connectivity index (χ3n) is 2.85. The fraction of sp³-hybridized carbons (Fsp3) is 0.857. The lowest BCUT2D eigenvalue weighted by molar-refractivity contribution is -0.150. The first-order valence-electron chi connectivity index (χ1n) is 7.03. The number of carbonyl (C=O) groups is 2. The van der Waals surface area contributed by atoms with E-state index in [9.17, 15) is 9.59 Å². The molecule has 0 heterocycles. The van der Waals surface area contributed by atoms with E-state index in [4.69, 9.17) is 9.47 Å². The second kappa shape index (κ2) is 7.36. The van der Waals surface area contributed by atoms with Gasteiger partial charge in [-0.05, 0) is 46.5 Å². The van der Waals surface area contributed by atoms with Crippen molar-refractivity contribution in [3.05, 3.63) is 0 Å². The molecule has 0 unspecified atom stereocenters. The Labute approximate surface area is 115 Å². The number of rotatable bonds is 4. The summed E-state index contributed by atoms with van der Waals surface area (Å²) in [6.07, 6.45) is 5.18. The lowest BCUT2D eigenvalue weighted by atomic mass is 9.98. The van der Waals surface area contributed by atoms with Crippen molar-refractivity contribution in [3.63, 3.8) is 0 Å². The number of nitrogens with one attached hydrogen (secondary N) is 1. The van der Waals surface area contributed by atoms with Crippen molar-refractivity contribution in [2.45, 2.75) is 71.0 Å². The van der Waals surface area contributed by atoms with Crippen molar-refractivity contribution in [2.24, 2.45) is 0 Å². The average molecular weight is 271 g/mol. The van der Waals surface area contributed by atoms with E-state index in [1.165, 1.54) is 6.42 Å². The minimum atomic E-state index is -0.521. The maximum absolute atomic E-state index is 11.6. The molecule has 1 amide bonds. The number of hydrogen-bond acceptors (Lipinski definition) is 4. The summed E-state index contributed by atoms with van der Waals surface area (Å²) in [4.78, 5) is 22.9. The predicted octanol–water partition coefficient (Wildman–Crippen LogP) is 2.78. The van der Waals surface area contributed by atoms with Gasteiger partial charge in [-0.15, -0.1) is 0 Å². The van der Waals surface area contributed by atoms with Gasteiger partial charge in [-0.3, -0.25) is 4.79 Å². The zero-order valence-electron chi connectivity index (χ0n) is 12.2. The van der Waals surface area contributed by atoms with Gasteiger partial charge in [0.25, 0.3) is 0 Å². The highest BCUT2D eigenvalue weighted by Crippen LogP contribution is 2.20. The molecule has 0 radical (unpaired) electrons. The van der Waals surface area contributed by atoms with Crippen LogP contribution in [-0.4, -0.2) is 30.3 Å². The molecular weight excluding hydrogens is 246 g/mol. The van der Waals surface area contributed by atoms with Crippen molar-refractivity contribution >= 4 is 12.1 Å². The smallest absolute Gasteiger partial charge is 0.407 e. The van der Waals surface area contributed by atoms with Gasteiger partial charge in [0.05, 0.1) is 6.42 Å². The van der Waals surface area contributed by atoms with Crippen LogP contribution in [0.2, 0.25) is 0 Å². The van der Waals surface area contributed by atoms with Crippen molar-refractivity contribution in [1.82, 2.24) is 5.32 Å². The maximum Gasteiger partial charge on any atom is 0.407 e. The number of carbonyl (C=O) groups excluding carboxylic acids is 2. The number of amides is 1. The van der Waals surface area contributed by atoms with Crippen molar-refractivity contribution in [3.8, 4) is 0 Å². The summed E-state index contributed by atoms with van der Waals surface area (Å²) in [7, 11) is 0. The zero-order valence-corrected chi connectivity index (χ0v) is 12.2. The molecule has 0 aromatic rings. The van der Waals surface area contributed by atoms with E-state index in [1.807, 2.05) is 0 Å². The Morgan fingerprint density at radius 1 is 1.16 bits per heavy atom. The standard InChI is InChI=1S/C14H25NO4/c1-14(2,3)19-13(17)15-10-9-12(16)18-11-7-5-4-6-8-11/h11H,4-10H2,1-3H3,(H,15,17). The van der Waals surface area contributed by atoms with Crippen LogP contribution in [0.25, 0.3) is 0 Å². The number of hydrogen-bond donors (Lipinski definition) is 1. The van der Waals surface area contributed by atoms with Gasteiger partial charge >= 0.3 is 12.1 Å². The Balaban J connectivity index is 2.11. The lowest BCUT2D eigenvalue weighted by Gasteiger charge is -2.22. The molecular formula is C14H25NO4. The predicted molar refractivity (Wildman–Crippen MR) is 71.8 cm³/mol. The molecule has 1 aliphatic rings. The van der Waals surface area contributed by atoms with E-state index in [1.54, 1.807) is 20.8 Å². The number of alkyl carbamates (subject to hydrolysis) is 1. The van der Waals surface area contributed by atoms with Crippen LogP contribution in [0.15, 0.2) is 0 Å². The van der Waals surface area contributed by atoms with E-state index >= 15 is 0 Å². The van der Waals surface area contributed by atoms with Gasteiger partial charge in [-0.1, -0.05) is 6.42 Å². The van der Waals surface area contributed by atoms with E-state index in [0.717, 1.165) is 25.7 Å². The second-order valence-electron chi connectivity index (χ2n) is 5.93. The first-order valence-corrected chi connectivity index (χ1v) is 7.03. The summed E-state index contributed by atoms with van der Waals surface area (Å²) in [5.74, 6) is -0.247. The monoisotopic (exact) mass is 271 g/mol. The molecule has 1 N–H and O–H groups in total. The third-order valence-corrected chi connectivity index (χ3v) is 2.85. The highest BCUT2D eigenvalue weighted by atomic mass is 16.6. The molecule has 5 heteroatoms. The SMILES string of the molecule is CC(C)(C)OC(=O)NCCC(=O)OC1CCCCC1. The van der Waals surface area contributed by atoms with Gasteiger partial charge in [0, 0.05) is 6.54 Å². The molecule has 19 heavy (non-hydrogen) atoms. The maximum atomic E-state index is 11.6. The molecule has 110 valence electrons. The Kier molecular flexibility index (Phi) is 6.12. The first-order chi connectivity index (χ1) is 8.87. The largest absolute Gasteiger partial charge is 0.462 e. The summed E-state index contributed by atoms with van der Waals surface area (Å²) < 4.78 is 10.4. The fourth-order valence-electron chi connectivity index (χ4n) is 2.01. The minimum absolute atomic E-state index is 0.0720. The summed E-state index contributed by atoms with van der Waals surface area (Å²) in [6, 6.07) is 0. The molecule has 5 nitrogen and oxygen atoms in total. The zero-order chi connectivity index (χ0) is 14.3. The van der Waals surface area contributed by atoms with Crippen LogP contribution in [-0.2, 0) is 14.3 Å². The average Bonchev–Trinajstić information content (AvgIpc) is 2.27. The van der Waals surface area contributed by atoms with Crippen LogP contribution in [0, 0.1) is 0 Å². The molecule has 1 fully saturated rings. The summed E-state index contributed by atoms with van der Waals surface area (Å²) in [6.45, 7) is 5.64.